The molecule has 1 aliphatic heterocycles. The first kappa shape index (κ1) is 22.9. The Kier molecular flexibility index (Phi) is 7.70. The van der Waals surface area contributed by atoms with E-state index in [1.54, 1.807) is 0 Å². The van der Waals surface area contributed by atoms with Crippen molar-refractivity contribution in [2.45, 2.75) is 26.9 Å². The van der Waals surface area contributed by atoms with Gasteiger partial charge in [-0.2, -0.15) is 5.10 Å². The van der Waals surface area contributed by atoms with E-state index in [1.165, 1.54) is 11.8 Å². The van der Waals surface area contributed by atoms with Crippen molar-refractivity contribution >= 4 is 12.0 Å². The summed E-state index contributed by atoms with van der Waals surface area (Å²) in [7, 11) is 0. The lowest BCUT2D eigenvalue weighted by atomic mass is 10.2. The number of aryl methyl sites for hydroxylation is 2. The topological polar surface area (TPSA) is 79.4 Å². The predicted octanol–water partition coefficient (Wildman–Crippen LogP) is 2.75. The van der Waals surface area contributed by atoms with Crippen molar-refractivity contribution in [3.8, 4) is 0 Å². The first-order valence-corrected chi connectivity index (χ1v) is 11.5. The standard InChI is InChI=1S/C25H32N6O2/c1-20-17-21(2)31(28-20)12-10-26-25(32)23-19-33-24(27-23)18-30-15-13-29(14-16-30)11-6-9-22-7-4-3-5-8-22/h3-9,17,19H,10-16,18H2,1-2H3,(H,26,32)/b9-6+. The van der Waals surface area contributed by atoms with Crippen LogP contribution < -0.4 is 5.32 Å². The second-order valence-corrected chi connectivity index (χ2v) is 8.42. The van der Waals surface area contributed by atoms with Crippen LogP contribution in [0, 0.1) is 13.8 Å². The number of piperazine rings is 1. The molecule has 0 unspecified atom stereocenters. The highest BCUT2D eigenvalue weighted by atomic mass is 16.3. The Labute approximate surface area is 194 Å². The number of rotatable bonds is 9. The number of nitrogens with one attached hydrogen (secondary N) is 1. The van der Waals surface area contributed by atoms with Gasteiger partial charge in [-0.1, -0.05) is 42.5 Å². The highest BCUT2D eigenvalue weighted by molar-refractivity contribution is 5.91. The normalized spacial score (nSPS) is 15.3. The van der Waals surface area contributed by atoms with Crippen LogP contribution in [0.4, 0.5) is 0 Å². The third-order valence-corrected chi connectivity index (χ3v) is 5.79. The Morgan fingerprint density at radius 1 is 1.12 bits per heavy atom. The molecule has 8 heteroatoms. The van der Waals surface area contributed by atoms with Crippen LogP contribution in [0.3, 0.4) is 0 Å². The molecule has 3 aromatic rings. The Bertz CT molecular complexity index is 1060. The van der Waals surface area contributed by atoms with Gasteiger partial charge in [0.25, 0.3) is 5.91 Å². The summed E-state index contributed by atoms with van der Waals surface area (Å²) >= 11 is 0. The van der Waals surface area contributed by atoms with Gasteiger partial charge in [0.2, 0.25) is 5.89 Å². The minimum absolute atomic E-state index is 0.221. The van der Waals surface area contributed by atoms with Crippen molar-refractivity contribution in [3.05, 3.63) is 77.3 Å². The van der Waals surface area contributed by atoms with Gasteiger partial charge in [0.1, 0.15) is 6.26 Å². The monoisotopic (exact) mass is 448 g/mol. The molecule has 1 fully saturated rings. The zero-order valence-corrected chi connectivity index (χ0v) is 19.4. The molecule has 2 aromatic heterocycles. The molecule has 0 saturated carbocycles. The summed E-state index contributed by atoms with van der Waals surface area (Å²) in [5.41, 5.74) is 3.61. The third-order valence-electron chi connectivity index (χ3n) is 5.79. The van der Waals surface area contributed by atoms with Crippen molar-refractivity contribution in [3.63, 3.8) is 0 Å². The molecule has 174 valence electrons. The van der Waals surface area contributed by atoms with Gasteiger partial charge in [-0.3, -0.25) is 19.3 Å². The molecule has 3 heterocycles. The Morgan fingerprint density at radius 2 is 1.88 bits per heavy atom. The largest absolute Gasteiger partial charge is 0.447 e. The number of aromatic nitrogens is 3. The lowest BCUT2D eigenvalue weighted by Gasteiger charge is -2.33. The third kappa shape index (κ3) is 6.63. The summed E-state index contributed by atoms with van der Waals surface area (Å²) < 4.78 is 7.45. The maximum atomic E-state index is 12.4. The molecule has 0 aliphatic carbocycles. The van der Waals surface area contributed by atoms with Gasteiger partial charge < -0.3 is 9.73 Å². The summed E-state index contributed by atoms with van der Waals surface area (Å²) in [5, 5.41) is 7.29. The molecule has 1 aliphatic rings. The molecule has 33 heavy (non-hydrogen) atoms. The molecular formula is C25H32N6O2. The first-order chi connectivity index (χ1) is 16.1. The number of hydrogen-bond donors (Lipinski definition) is 1. The molecule has 1 aromatic carbocycles. The quantitative estimate of drug-likeness (QED) is 0.542. The smallest absolute Gasteiger partial charge is 0.273 e. The average Bonchev–Trinajstić information content (AvgIpc) is 3.41. The molecular weight excluding hydrogens is 416 g/mol. The summed E-state index contributed by atoms with van der Waals surface area (Å²) in [4.78, 5) is 21.5. The fraction of sp³-hybridized carbons (Fsp3) is 0.400. The van der Waals surface area contributed by atoms with Crippen LogP contribution >= 0.6 is 0 Å². The van der Waals surface area contributed by atoms with Crippen molar-refractivity contribution in [2.24, 2.45) is 0 Å². The Hall–Kier alpha value is -3.23. The van der Waals surface area contributed by atoms with E-state index in [0.29, 0.717) is 31.2 Å². The molecule has 1 amide bonds. The number of oxazole rings is 1. The predicted molar refractivity (Wildman–Crippen MR) is 128 cm³/mol. The molecule has 0 atom stereocenters. The maximum absolute atomic E-state index is 12.4. The van der Waals surface area contributed by atoms with E-state index in [1.807, 2.05) is 30.7 Å². The van der Waals surface area contributed by atoms with E-state index >= 15 is 0 Å². The van der Waals surface area contributed by atoms with Crippen molar-refractivity contribution < 1.29 is 9.21 Å². The van der Waals surface area contributed by atoms with Gasteiger partial charge in [0.05, 0.1) is 18.8 Å². The van der Waals surface area contributed by atoms with Crippen LogP contribution in [-0.4, -0.2) is 69.7 Å². The molecule has 0 bridgehead atoms. The van der Waals surface area contributed by atoms with E-state index in [-0.39, 0.29) is 5.91 Å². The summed E-state index contributed by atoms with van der Waals surface area (Å²) in [5.74, 6) is 0.359. The van der Waals surface area contributed by atoms with E-state index in [4.69, 9.17) is 4.42 Å². The van der Waals surface area contributed by atoms with Gasteiger partial charge in [-0.05, 0) is 25.5 Å². The van der Waals surface area contributed by atoms with Gasteiger partial charge in [-0.25, -0.2) is 4.98 Å². The van der Waals surface area contributed by atoms with Crippen LogP contribution in [0.2, 0.25) is 0 Å². The molecule has 0 spiro atoms. The second kappa shape index (κ2) is 11.1. The van der Waals surface area contributed by atoms with Crippen LogP contribution in [0.1, 0.15) is 33.3 Å². The number of carbonyl (C=O) groups excluding carboxylic acids is 1. The van der Waals surface area contributed by atoms with E-state index in [9.17, 15) is 4.79 Å². The maximum Gasteiger partial charge on any atom is 0.273 e. The van der Waals surface area contributed by atoms with E-state index < -0.39 is 0 Å². The van der Waals surface area contributed by atoms with Gasteiger partial charge >= 0.3 is 0 Å². The molecule has 8 nitrogen and oxygen atoms in total. The molecule has 1 N–H and O–H groups in total. The minimum Gasteiger partial charge on any atom is -0.447 e. The molecule has 4 rings (SSSR count). The summed E-state index contributed by atoms with van der Waals surface area (Å²) in [6.07, 6.45) is 5.83. The Balaban J connectivity index is 1.17. The van der Waals surface area contributed by atoms with Crippen LogP contribution in [0.25, 0.3) is 6.08 Å². The number of amides is 1. The average molecular weight is 449 g/mol. The number of benzene rings is 1. The number of hydrogen-bond acceptors (Lipinski definition) is 6. The second-order valence-electron chi connectivity index (χ2n) is 8.42. The highest BCUT2D eigenvalue weighted by Gasteiger charge is 2.19. The number of carbonyl (C=O) groups is 1. The summed E-state index contributed by atoms with van der Waals surface area (Å²) in [6, 6.07) is 12.4. The lowest BCUT2D eigenvalue weighted by Crippen LogP contribution is -2.45. The molecule has 1 saturated heterocycles. The Morgan fingerprint density at radius 3 is 2.61 bits per heavy atom. The van der Waals surface area contributed by atoms with Crippen molar-refractivity contribution in [1.29, 1.82) is 0 Å². The minimum atomic E-state index is -0.221. The first-order valence-electron chi connectivity index (χ1n) is 11.5. The van der Waals surface area contributed by atoms with Crippen LogP contribution in [-0.2, 0) is 13.1 Å². The van der Waals surface area contributed by atoms with Crippen LogP contribution in [0.15, 0.2) is 53.2 Å². The SMILES string of the molecule is Cc1cc(C)n(CCNC(=O)c2coc(CN3CCN(C/C=C/c4ccccc4)CC3)n2)n1. The molecule has 0 radical (unpaired) electrons. The van der Waals surface area contributed by atoms with E-state index in [2.05, 4.69) is 61.6 Å². The van der Waals surface area contributed by atoms with Gasteiger partial charge in [0.15, 0.2) is 5.69 Å². The summed E-state index contributed by atoms with van der Waals surface area (Å²) in [6.45, 7) is 10.5. The van der Waals surface area contributed by atoms with Crippen LogP contribution in [0.5, 0.6) is 0 Å². The lowest BCUT2D eigenvalue weighted by molar-refractivity contribution is 0.0946. The van der Waals surface area contributed by atoms with Crippen molar-refractivity contribution in [1.82, 2.24) is 29.9 Å². The highest BCUT2D eigenvalue weighted by Crippen LogP contribution is 2.10. The zero-order chi connectivity index (χ0) is 23.0. The zero-order valence-electron chi connectivity index (χ0n) is 19.4. The van der Waals surface area contributed by atoms with Gasteiger partial charge in [-0.15, -0.1) is 0 Å². The number of nitrogens with zero attached hydrogens (tertiary/aromatic N) is 5. The fourth-order valence-electron chi connectivity index (χ4n) is 3.98. The van der Waals surface area contributed by atoms with E-state index in [0.717, 1.165) is 44.1 Å². The van der Waals surface area contributed by atoms with Crippen molar-refractivity contribution in [2.75, 3.05) is 39.3 Å². The van der Waals surface area contributed by atoms with Gasteiger partial charge in [0, 0.05) is 45.0 Å². The fourth-order valence-corrected chi connectivity index (χ4v) is 3.98.